The van der Waals surface area contributed by atoms with E-state index >= 15 is 0 Å². The molecule has 1 aliphatic heterocycles. The zero-order valence-electron chi connectivity index (χ0n) is 11.8. The first kappa shape index (κ1) is 15.2. The topological polar surface area (TPSA) is 56.2 Å². The van der Waals surface area contributed by atoms with Crippen molar-refractivity contribution in [1.82, 2.24) is 9.78 Å². The van der Waals surface area contributed by atoms with Gasteiger partial charge in [0.15, 0.2) is 5.82 Å². The van der Waals surface area contributed by atoms with Gasteiger partial charge >= 0.3 is 0 Å². The SMILES string of the molecule is O=C(Nc1nn(Cc2ccccc2F)cc1Br)C1CCCO1. The lowest BCUT2D eigenvalue weighted by molar-refractivity contribution is -0.124. The molecule has 1 atom stereocenters. The largest absolute Gasteiger partial charge is 0.368 e. The van der Waals surface area contributed by atoms with Gasteiger partial charge in [-0.25, -0.2) is 4.39 Å². The zero-order valence-corrected chi connectivity index (χ0v) is 13.3. The molecule has 1 aromatic heterocycles. The highest BCUT2D eigenvalue weighted by Gasteiger charge is 2.24. The second kappa shape index (κ2) is 6.58. The summed E-state index contributed by atoms with van der Waals surface area (Å²) in [4.78, 5) is 12.0. The number of carbonyl (C=O) groups is 1. The van der Waals surface area contributed by atoms with Crippen LogP contribution in [0.5, 0.6) is 0 Å². The summed E-state index contributed by atoms with van der Waals surface area (Å²) in [5, 5.41) is 7.01. The van der Waals surface area contributed by atoms with Gasteiger partial charge in [-0.2, -0.15) is 5.10 Å². The number of hydrogen-bond donors (Lipinski definition) is 1. The number of amides is 1. The molecule has 1 amide bonds. The second-order valence-electron chi connectivity index (χ2n) is 5.11. The highest BCUT2D eigenvalue weighted by atomic mass is 79.9. The second-order valence-corrected chi connectivity index (χ2v) is 5.96. The van der Waals surface area contributed by atoms with Crippen LogP contribution in [0.25, 0.3) is 0 Å². The molecule has 3 rings (SSSR count). The first-order valence-corrected chi connectivity index (χ1v) is 7.81. The number of nitrogens with zero attached hydrogens (tertiary/aromatic N) is 2. The molecule has 7 heteroatoms. The monoisotopic (exact) mass is 367 g/mol. The number of benzene rings is 1. The van der Waals surface area contributed by atoms with Crippen LogP contribution in [0.15, 0.2) is 34.9 Å². The normalized spacial score (nSPS) is 17.6. The van der Waals surface area contributed by atoms with Gasteiger partial charge in [0.1, 0.15) is 11.9 Å². The lowest BCUT2D eigenvalue weighted by Crippen LogP contribution is -2.27. The van der Waals surface area contributed by atoms with Gasteiger partial charge in [-0.1, -0.05) is 18.2 Å². The number of ether oxygens (including phenoxy) is 1. The van der Waals surface area contributed by atoms with E-state index in [9.17, 15) is 9.18 Å². The van der Waals surface area contributed by atoms with Crippen molar-refractivity contribution >= 4 is 27.7 Å². The summed E-state index contributed by atoms with van der Waals surface area (Å²) in [6.45, 7) is 0.905. The molecule has 1 unspecified atom stereocenters. The average molecular weight is 368 g/mol. The van der Waals surface area contributed by atoms with Crippen LogP contribution in [0.2, 0.25) is 0 Å². The number of nitrogens with one attached hydrogen (secondary N) is 1. The highest BCUT2D eigenvalue weighted by Crippen LogP contribution is 2.22. The Bertz CT molecular complexity index is 683. The van der Waals surface area contributed by atoms with Crippen LogP contribution in [-0.4, -0.2) is 28.4 Å². The Morgan fingerprint density at radius 1 is 1.50 bits per heavy atom. The summed E-state index contributed by atoms with van der Waals surface area (Å²) in [7, 11) is 0. The van der Waals surface area contributed by atoms with Crippen molar-refractivity contribution < 1.29 is 13.9 Å². The fourth-order valence-corrected chi connectivity index (χ4v) is 2.76. The van der Waals surface area contributed by atoms with Crippen LogP contribution in [0.3, 0.4) is 0 Å². The first-order valence-electron chi connectivity index (χ1n) is 7.02. The number of anilines is 1. The maximum Gasteiger partial charge on any atom is 0.254 e. The van der Waals surface area contributed by atoms with E-state index in [0.29, 0.717) is 29.0 Å². The summed E-state index contributed by atoms with van der Waals surface area (Å²) < 4.78 is 21.2. The predicted molar refractivity (Wildman–Crippen MR) is 83.0 cm³/mol. The first-order chi connectivity index (χ1) is 10.6. The van der Waals surface area contributed by atoms with Gasteiger partial charge in [0.2, 0.25) is 0 Å². The molecule has 1 N–H and O–H groups in total. The number of halogens is 2. The summed E-state index contributed by atoms with van der Waals surface area (Å²) in [5.74, 6) is -0.0646. The van der Waals surface area contributed by atoms with Crippen molar-refractivity contribution in [3.8, 4) is 0 Å². The smallest absolute Gasteiger partial charge is 0.254 e. The Hall–Kier alpha value is -1.73. The van der Waals surface area contributed by atoms with Crippen molar-refractivity contribution in [3.05, 3.63) is 46.3 Å². The Kier molecular flexibility index (Phi) is 4.54. The maximum absolute atomic E-state index is 13.7. The van der Waals surface area contributed by atoms with E-state index in [1.54, 1.807) is 29.1 Å². The van der Waals surface area contributed by atoms with Crippen molar-refractivity contribution in [2.45, 2.75) is 25.5 Å². The van der Waals surface area contributed by atoms with E-state index in [1.165, 1.54) is 6.07 Å². The van der Waals surface area contributed by atoms with E-state index in [2.05, 4.69) is 26.3 Å². The molecule has 1 aromatic carbocycles. The van der Waals surface area contributed by atoms with Gasteiger partial charge in [0.05, 0.1) is 11.0 Å². The van der Waals surface area contributed by atoms with Gasteiger partial charge in [0.25, 0.3) is 5.91 Å². The molecule has 5 nitrogen and oxygen atoms in total. The van der Waals surface area contributed by atoms with E-state index in [4.69, 9.17) is 4.74 Å². The summed E-state index contributed by atoms with van der Waals surface area (Å²) in [6.07, 6.45) is 2.90. The minimum atomic E-state index is -0.413. The predicted octanol–water partition coefficient (Wildman–Crippen LogP) is 2.95. The van der Waals surface area contributed by atoms with Crippen molar-refractivity contribution in [1.29, 1.82) is 0 Å². The fraction of sp³-hybridized carbons (Fsp3) is 0.333. The van der Waals surface area contributed by atoms with Crippen LogP contribution in [0.4, 0.5) is 10.2 Å². The fourth-order valence-electron chi connectivity index (χ4n) is 2.35. The summed E-state index contributed by atoms with van der Waals surface area (Å²) in [6, 6.07) is 6.53. The van der Waals surface area contributed by atoms with Crippen molar-refractivity contribution in [3.63, 3.8) is 0 Å². The molecule has 0 spiro atoms. The van der Waals surface area contributed by atoms with Crippen molar-refractivity contribution in [2.24, 2.45) is 0 Å². The molecular weight excluding hydrogens is 353 g/mol. The molecule has 0 aliphatic carbocycles. The average Bonchev–Trinajstić information content (AvgIpc) is 3.12. The number of hydrogen-bond acceptors (Lipinski definition) is 3. The third-order valence-electron chi connectivity index (χ3n) is 3.47. The molecule has 0 bridgehead atoms. The van der Waals surface area contributed by atoms with E-state index in [0.717, 1.165) is 12.8 Å². The molecule has 22 heavy (non-hydrogen) atoms. The molecular formula is C15H15BrFN3O2. The molecule has 2 heterocycles. The van der Waals surface area contributed by atoms with E-state index in [-0.39, 0.29) is 11.7 Å². The third kappa shape index (κ3) is 3.36. The quantitative estimate of drug-likeness (QED) is 0.903. The molecule has 1 saturated heterocycles. The Morgan fingerprint density at radius 2 is 2.32 bits per heavy atom. The number of rotatable bonds is 4. The lowest BCUT2D eigenvalue weighted by Gasteiger charge is -2.08. The van der Waals surface area contributed by atoms with Crippen molar-refractivity contribution in [2.75, 3.05) is 11.9 Å². The van der Waals surface area contributed by atoms with Gasteiger partial charge in [-0.15, -0.1) is 0 Å². The van der Waals surface area contributed by atoms with Crippen LogP contribution >= 0.6 is 15.9 Å². The third-order valence-corrected chi connectivity index (χ3v) is 4.05. The van der Waals surface area contributed by atoms with E-state index in [1.807, 2.05) is 0 Å². The molecule has 1 aliphatic rings. The lowest BCUT2D eigenvalue weighted by atomic mass is 10.2. The summed E-state index contributed by atoms with van der Waals surface area (Å²) >= 11 is 3.35. The zero-order chi connectivity index (χ0) is 15.5. The van der Waals surface area contributed by atoms with Crippen LogP contribution in [0.1, 0.15) is 18.4 Å². The number of aromatic nitrogens is 2. The van der Waals surface area contributed by atoms with Gasteiger partial charge in [0, 0.05) is 18.4 Å². The molecule has 0 radical (unpaired) electrons. The van der Waals surface area contributed by atoms with Gasteiger partial charge < -0.3 is 10.1 Å². The maximum atomic E-state index is 13.7. The minimum absolute atomic E-state index is 0.200. The van der Waals surface area contributed by atoms with Crippen LogP contribution in [-0.2, 0) is 16.1 Å². The molecule has 1 fully saturated rings. The standard InChI is InChI=1S/C15H15BrFN3O2/c16-11-9-20(8-10-4-1-2-5-12(10)17)19-14(11)18-15(21)13-6-3-7-22-13/h1-2,4-5,9,13H,3,6-8H2,(H,18,19,21). The Labute approximate surface area is 135 Å². The van der Waals surface area contributed by atoms with Gasteiger partial charge in [-0.3, -0.25) is 9.48 Å². The minimum Gasteiger partial charge on any atom is -0.368 e. The number of carbonyl (C=O) groups excluding carboxylic acids is 1. The van der Waals surface area contributed by atoms with Crippen LogP contribution < -0.4 is 5.32 Å². The highest BCUT2D eigenvalue weighted by molar-refractivity contribution is 9.10. The molecule has 116 valence electrons. The van der Waals surface area contributed by atoms with E-state index < -0.39 is 6.10 Å². The Balaban J connectivity index is 1.71. The molecule has 0 saturated carbocycles. The Morgan fingerprint density at radius 3 is 3.05 bits per heavy atom. The summed E-state index contributed by atoms with van der Waals surface area (Å²) in [5.41, 5.74) is 0.537. The van der Waals surface area contributed by atoms with Gasteiger partial charge in [-0.05, 0) is 34.8 Å². The van der Waals surface area contributed by atoms with Crippen LogP contribution in [0, 0.1) is 5.82 Å². The molecule has 2 aromatic rings.